The first-order valence-electron chi connectivity index (χ1n) is 9.66. The normalized spacial score (nSPS) is 17.5. The van der Waals surface area contributed by atoms with E-state index < -0.39 is 23.5 Å². The average Bonchev–Trinajstić information content (AvgIpc) is 2.75. The summed E-state index contributed by atoms with van der Waals surface area (Å²) in [6, 6.07) is 3.32. The molecule has 3 heterocycles. The van der Waals surface area contributed by atoms with E-state index >= 15 is 0 Å². The molecule has 1 spiro atoms. The minimum atomic E-state index is -1.14. The highest BCUT2D eigenvalue weighted by Crippen LogP contribution is 2.41. The topological polar surface area (TPSA) is 62.7 Å². The van der Waals surface area contributed by atoms with Gasteiger partial charge in [-0.05, 0) is 31.0 Å². The number of hydrogen-bond acceptors (Lipinski definition) is 4. The monoisotopic (exact) mass is 453 g/mol. The first-order chi connectivity index (χ1) is 14.7. The Morgan fingerprint density at radius 2 is 1.68 bits per heavy atom. The summed E-state index contributed by atoms with van der Waals surface area (Å²) in [7, 11) is 1.20. The summed E-state index contributed by atoms with van der Waals surface area (Å²) in [4.78, 5) is 32.0. The van der Waals surface area contributed by atoms with Crippen molar-refractivity contribution < 1.29 is 27.5 Å². The van der Waals surface area contributed by atoms with Crippen LogP contribution in [-0.2, 0) is 0 Å². The zero-order valence-corrected chi connectivity index (χ0v) is 17.4. The molecule has 2 fully saturated rings. The Labute approximate surface area is 181 Å². The number of aromatic nitrogens is 1. The van der Waals surface area contributed by atoms with Gasteiger partial charge in [0.25, 0.3) is 11.8 Å². The van der Waals surface area contributed by atoms with E-state index in [4.69, 9.17) is 16.3 Å². The molecule has 0 N–H and O–H groups in total. The number of pyridine rings is 1. The maximum absolute atomic E-state index is 13.7. The van der Waals surface area contributed by atoms with Crippen LogP contribution in [0.15, 0.2) is 24.4 Å². The van der Waals surface area contributed by atoms with Gasteiger partial charge < -0.3 is 14.5 Å². The minimum absolute atomic E-state index is 0.0268. The molecule has 164 valence electrons. The molecule has 4 rings (SSSR count). The van der Waals surface area contributed by atoms with Gasteiger partial charge in [0.15, 0.2) is 11.6 Å². The van der Waals surface area contributed by atoms with E-state index in [1.54, 1.807) is 9.80 Å². The third-order valence-electron chi connectivity index (χ3n) is 5.96. The second-order valence-electron chi connectivity index (χ2n) is 7.92. The number of carbonyl (C=O) groups excluding carboxylic acids is 2. The number of benzene rings is 1. The predicted molar refractivity (Wildman–Crippen MR) is 106 cm³/mol. The molecule has 6 nitrogen and oxygen atoms in total. The quantitative estimate of drug-likeness (QED) is 0.667. The second-order valence-corrected chi connectivity index (χ2v) is 8.33. The maximum Gasteiger partial charge on any atom is 0.255 e. The van der Waals surface area contributed by atoms with Gasteiger partial charge >= 0.3 is 0 Å². The van der Waals surface area contributed by atoms with E-state index in [2.05, 4.69) is 4.98 Å². The highest BCUT2D eigenvalue weighted by atomic mass is 35.5. The molecule has 0 aliphatic carbocycles. The van der Waals surface area contributed by atoms with E-state index in [0.29, 0.717) is 39.0 Å². The summed E-state index contributed by atoms with van der Waals surface area (Å²) in [6.45, 7) is 1.90. The van der Waals surface area contributed by atoms with Crippen LogP contribution in [0.5, 0.6) is 5.75 Å². The first kappa shape index (κ1) is 21.4. The van der Waals surface area contributed by atoms with Crippen molar-refractivity contribution in [2.24, 2.45) is 5.41 Å². The van der Waals surface area contributed by atoms with Gasteiger partial charge in [0.2, 0.25) is 11.8 Å². The van der Waals surface area contributed by atoms with Gasteiger partial charge in [0.1, 0.15) is 0 Å². The molecule has 2 aromatic rings. The highest BCUT2D eigenvalue weighted by molar-refractivity contribution is 6.30. The third-order valence-corrected chi connectivity index (χ3v) is 6.22. The Morgan fingerprint density at radius 3 is 2.29 bits per heavy atom. The largest absolute Gasteiger partial charge is 0.494 e. The van der Waals surface area contributed by atoms with Crippen molar-refractivity contribution in [3.05, 3.63) is 58.1 Å². The van der Waals surface area contributed by atoms with Crippen LogP contribution in [0.3, 0.4) is 0 Å². The van der Waals surface area contributed by atoms with E-state index in [-0.39, 0.29) is 33.2 Å². The summed E-state index contributed by atoms with van der Waals surface area (Å²) < 4.78 is 45.3. The van der Waals surface area contributed by atoms with Gasteiger partial charge in [-0.1, -0.05) is 11.6 Å². The number of hydrogen-bond donors (Lipinski definition) is 0. The summed E-state index contributed by atoms with van der Waals surface area (Å²) in [6.07, 6.45) is 2.53. The second kappa shape index (κ2) is 8.03. The van der Waals surface area contributed by atoms with E-state index in [1.807, 2.05) is 0 Å². The molecule has 0 unspecified atom stereocenters. The molecule has 2 aliphatic rings. The predicted octanol–water partition coefficient (Wildman–Crippen LogP) is 3.54. The molecule has 0 bridgehead atoms. The van der Waals surface area contributed by atoms with Gasteiger partial charge in [0.05, 0.1) is 17.7 Å². The Morgan fingerprint density at radius 1 is 1.03 bits per heavy atom. The Hall–Kier alpha value is -2.81. The lowest BCUT2D eigenvalue weighted by Gasteiger charge is -2.54. The van der Waals surface area contributed by atoms with Gasteiger partial charge in [-0.2, -0.15) is 8.78 Å². The van der Waals surface area contributed by atoms with Gasteiger partial charge in [-0.3, -0.25) is 9.59 Å². The number of ether oxygens (including phenoxy) is 1. The number of nitrogens with zero attached hydrogens (tertiary/aromatic N) is 3. The molecule has 2 amide bonds. The van der Waals surface area contributed by atoms with Crippen molar-refractivity contribution in [3.8, 4) is 5.75 Å². The van der Waals surface area contributed by atoms with Crippen LogP contribution < -0.4 is 4.74 Å². The van der Waals surface area contributed by atoms with Crippen LogP contribution in [-0.4, -0.2) is 59.9 Å². The van der Waals surface area contributed by atoms with E-state index in [1.165, 1.54) is 19.2 Å². The lowest BCUT2D eigenvalue weighted by molar-refractivity contribution is -0.0288. The van der Waals surface area contributed by atoms with E-state index in [0.717, 1.165) is 12.3 Å². The molecule has 0 saturated carbocycles. The molecule has 0 radical (unpaired) electrons. The van der Waals surface area contributed by atoms with Crippen molar-refractivity contribution in [1.29, 1.82) is 0 Å². The average molecular weight is 454 g/mol. The van der Waals surface area contributed by atoms with Crippen molar-refractivity contribution in [1.82, 2.24) is 14.8 Å². The fourth-order valence-electron chi connectivity index (χ4n) is 4.15. The van der Waals surface area contributed by atoms with Crippen LogP contribution in [0, 0.1) is 23.0 Å². The molecule has 0 atom stereocenters. The van der Waals surface area contributed by atoms with Gasteiger partial charge in [0, 0.05) is 43.4 Å². The number of amides is 2. The van der Waals surface area contributed by atoms with Gasteiger partial charge in [-0.15, -0.1) is 0 Å². The fourth-order valence-corrected chi connectivity index (χ4v) is 4.31. The number of likely N-dealkylation sites (tertiary alicyclic amines) is 2. The summed E-state index contributed by atoms with van der Waals surface area (Å²) >= 11 is 5.71. The molecule has 1 aromatic carbocycles. The number of piperidine rings is 1. The number of carbonyl (C=O) groups is 2. The Kier molecular flexibility index (Phi) is 5.55. The summed E-state index contributed by atoms with van der Waals surface area (Å²) in [5.74, 6) is -4.08. The molecular formula is C21H19ClF3N3O3. The maximum atomic E-state index is 13.7. The zero-order chi connectivity index (χ0) is 22.3. The van der Waals surface area contributed by atoms with Crippen LogP contribution in [0.4, 0.5) is 13.2 Å². The standard InChI is InChI=1S/C21H19ClF3N3O3/c1-31-16-8-12(7-15(23)17(16)24)19(29)28-10-21(11-28)2-4-27(5-3-21)20(30)13-6-14(22)18(25)26-9-13/h6-9H,2-5,10-11H2,1H3. The van der Waals surface area contributed by atoms with Crippen LogP contribution in [0.25, 0.3) is 0 Å². The Bertz CT molecular complexity index is 1050. The fraction of sp³-hybridized carbons (Fsp3) is 0.381. The number of methoxy groups -OCH3 is 1. The van der Waals surface area contributed by atoms with Crippen molar-refractivity contribution >= 4 is 23.4 Å². The van der Waals surface area contributed by atoms with Crippen molar-refractivity contribution in [2.45, 2.75) is 12.8 Å². The molecule has 2 aliphatic heterocycles. The SMILES string of the molecule is COc1cc(C(=O)N2CC3(CCN(C(=O)c4cnc(F)c(Cl)c4)CC3)C2)cc(F)c1F. The molecule has 31 heavy (non-hydrogen) atoms. The number of halogens is 4. The third kappa shape index (κ3) is 3.94. The Balaban J connectivity index is 1.36. The van der Waals surface area contributed by atoms with Crippen LogP contribution >= 0.6 is 11.6 Å². The minimum Gasteiger partial charge on any atom is -0.494 e. The van der Waals surface area contributed by atoms with Crippen LogP contribution in [0.2, 0.25) is 5.02 Å². The summed E-state index contributed by atoms with van der Waals surface area (Å²) in [5, 5.41) is -0.207. The van der Waals surface area contributed by atoms with Crippen molar-refractivity contribution in [3.63, 3.8) is 0 Å². The number of rotatable bonds is 3. The lowest BCUT2D eigenvalue weighted by Crippen LogP contribution is -2.62. The smallest absolute Gasteiger partial charge is 0.255 e. The molecule has 10 heteroatoms. The molecule has 2 saturated heterocycles. The molecule has 1 aromatic heterocycles. The zero-order valence-electron chi connectivity index (χ0n) is 16.6. The van der Waals surface area contributed by atoms with Crippen LogP contribution in [0.1, 0.15) is 33.6 Å². The van der Waals surface area contributed by atoms with Crippen molar-refractivity contribution in [2.75, 3.05) is 33.3 Å². The lowest BCUT2D eigenvalue weighted by atomic mass is 9.71. The highest BCUT2D eigenvalue weighted by Gasteiger charge is 2.47. The van der Waals surface area contributed by atoms with E-state index in [9.17, 15) is 22.8 Å². The molecular weight excluding hydrogens is 435 g/mol. The van der Waals surface area contributed by atoms with Gasteiger partial charge in [-0.25, -0.2) is 9.37 Å². The first-order valence-corrected chi connectivity index (χ1v) is 10.0. The summed E-state index contributed by atoms with van der Waals surface area (Å²) in [5.41, 5.74) is 0.132.